The number of benzene rings is 1. The first kappa shape index (κ1) is 130. The number of nitrogens with one attached hydrogen (secondary N) is 8. The zero-order chi connectivity index (χ0) is 113. The number of Topliss-reactive ketones (excluding diaryl/α,β-unsaturated/α-hetero) is 8. The number of carboxylic acid groups (broad SMARTS) is 3. The van der Waals surface area contributed by atoms with Crippen LogP contribution in [0.3, 0.4) is 0 Å². The zero-order valence-corrected chi connectivity index (χ0v) is 89.8. The van der Waals surface area contributed by atoms with Gasteiger partial charge in [-0.1, -0.05) is 170 Å². The Labute approximate surface area is 880 Å². The van der Waals surface area contributed by atoms with Gasteiger partial charge in [0.05, 0.1) is 72.8 Å². The summed E-state index contributed by atoms with van der Waals surface area (Å²) in [6, 6.07) is -3.15. The second-order valence-electron chi connectivity index (χ2n) is 42.7. The second kappa shape index (κ2) is 65.9. The summed E-state index contributed by atoms with van der Waals surface area (Å²) < 4.78 is 0. The van der Waals surface area contributed by atoms with Crippen LogP contribution >= 0.6 is 0 Å². The SMILES string of the molecule is CC.CC(=O)C[C@@H](CC(C)C)C(=O)N[C@@H](CO)C(=O)C[C@@H](CCC(N)=O)C(=O)N[C@@H](CCC(=O)O)C(=O)C[C@H](C(=O)N[C@@H](Cc1ccccc1)C(=O)C[C@]1(C)CCCCCCCCCN2CC[C@@](C(=O)C[C@@H](CCC(=O)O)C(=O)N[C@@H](CC(N)=O)C(N)=O)(C2)NC(=O)[C@H](CC(C)C)CC(=O)[C@H](CC(C)C)NC(=O)[C@H](CCCCN)CC(=O)[C@H](CC2=CN=C3C=CC=CC23)NC(=O)[C@H](CC(C)C)CC(=O)[C@H](CC(=O)O)NC1=O)C(C)O. The number of amides is 11. The Morgan fingerprint density at radius 2 is 1.06 bits per heavy atom. The molecule has 1 aromatic carbocycles. The van der Waals surface area contributed by atoms with E-state index in [0.717, 1.165) is 6.92 Å². The van der Waals surface area contributed by atoms with Gasteiger partial charge >= 0.3 is 17.9 Å². The Morgan fingerprint density at radius 3 is 1.63 bits per heavy atom. The molecule has 2 bridgehead atoms. The molecule has 3 unspecified atom stereocenters. The van der Waals surface area contributed by atoms with Crippen molar-refractivity contribution in [3.63, 3.8) is 0 Å². The molecule has 21 N–H and O–H groups in total. The molecule has 0 aromatic heterocycles. The van der Waals surface area contributed by atoms with Crippen LogP contribution in [0.15, 0.2) is 71.4 Å². The van der Waals surface area contributed by atoms with E-state index >= 15 is 47.9 Å². The molecule has 41 heteroatoms. The van der Waals surface area contributed by atoms with E-state index in [0.29, 0.717) is 74.8 Å². The summed E-state index contributed by atoms with van der Waals surface area (Å²) in [5.41, 5.74) is 20.4. The molecule has 11 amide bonds. The first-order chi connectivity index (χ1) is 70.7. The molecule has 0 saturated carbocycles. The van der Waals surface area contributed by atoms with Crippen molar-refractivity contribution in [2.24, 2.45) is 104 Å². The standard InChI is InChI=1S/C107H162N14O27.C2H6/c1-61(2)42-71(46-65(9)123)101(144)118-84(59-122)88(128)50-69(31-34-92(109)132)99(142)113-78(33-36-95(136)137)89(129)54-76(66(10)124)104(147)116-80(47-67-26-18-17-19-27-67)90(130)57-106(11)37-23-15-13-12-14-16-25-40-121-41-38-107(60-121,91(131)53-70(32-35-94(134)135)100(143)117-83(97(111)140)55-93(110)133)120-103(146)73(44-63(5)6)52-86(126)79(45-64(7)8)114-98(141)68(28-22-24-39-108)49-85(125)81(48-74-58-112-77-30-21-20-29-75(74)77)115-102(145)72(43-62(3)4)51-87(127)82(56-96(138)139)119-105(106)148;1-2/h17-21,26-27,29-30,58,61-64,66,68-73,75-76,78-84,122,124H,12-16,22-25,28,31-57,59-60,108H2,1-11H3,(H2,109,132)(H2,110,133)(H2,111,140)(H,113,142)(H,114,141)(H,115,145)(H,116,147)(H,117,143)(H,118,144)(H,119,148)(H,120,146)(H,134,135)(H,136,137)(H,138,139);1-2H3/t66?,68-,69-,70-,71-,72-,73-,75?,76+,78+,79+,80+,81+,82+,83+,84+,106+,107+;/m1./s1. The third-order valence-electron chi connectivity index (χ3n) is 27.8. The van der Waals surface area contributed by atoms with Crippen molar-refractivity contribution in [2.45, 2.75) is 362 Å². The molecule has 1 aromatic rings. The van der Waals surface area contributed by atoms with Crippen molar-refractivity contribution >= 4 is 135 Å². The van der Waals surface area contributed by atoms with Crippen LogP contribution in [-0.4, -0.2) is 252 Å². The largest absolute Gasteiger partial charge is 0.481 e. The van der Waals surface area contributed by atoms with Crippen LogP contribution in [0.5, 0.6) is 0 Å². The van der Waals surface area contributed by atoms with Crippen molar-refractivity contribution in [3.8, 4) is 0 Å². The summed E-state index contributed by atoms with van der Waals surface area (Å²) in [5.74, 6) is -31.5. The van der Waals surface area contributed by atoms with E-state index in [1.165, 1.54) is 13.8 Å². The zero-order valence-electron chi connectivity index (χ0n) is 89.8. The normalized spacial score (nSPS) is 22.9. The molecule has 4 aliphatic rings. The Bertz CT molecular complexity index is 4930. The summed E-state index contributed by atoms with van der Waals surface area (Å²) >= 11 is 0. The fourth-order valence-corrected chi connectivity index (χ4v) is 19.6. The molecule has 2 saturated heterocycles. The van der Waals surface area contributed by atoms with Gasteiger partial charge in [0.25, 0.3) is 0 Å². The number of carbonyl (C=O) groups excluding carboxylic acids is 19. The van der Waals surface area contributed by atoms with Crippen LogP contribution in [0, 0.1) is 76.4 Å². The molecule has 836 valence electrons. The van der Waals surface area contributed by atoms with Crippen LogP contribution in [0.25, 0.3) is 0 Å². The van der Waals surface area contributed by atoms with Crippen molar-refractivity contribution in [1.29, 1.82) is 0 Å². The summed E-state index contributed by atoms with van der Waals surface area (Å²) in [7, 11) is 0. The molecule has 3 aliphatic heterocycles. The van der Waals surface area contributed by atoms with Crippen molar-refractivity contribution in [3.05, 3.63) is 72.0 Å². The summed E-state index contributed by atoms with van der Waals surface area (Å²) in [6.07, 6.45) is 0.409. The number of carbonyl (C=O) groups is 22. The molecule has 2 fully saturated rings. The number of aliphatic imine (C=N–C) groups is 1. The number of hydrogen-bond acceptors (Lipinski definition) is 27. The third-order valence-corrected chi connectivity index (χ3v) is 27.8. The summed E-state index contributed by atoms with van der Waals surface area (Å²) in [5, 5.41) is 73.9. The fraction of sp³-hybridized carbons (Fsp3) is 0.679. The predicted molar refractivity (Wildman–Crippen MR) is 558 cm³/mol. The number of carboxylic acids is 3. The van der Waals surface area contributed by atoms with Crippen LogP contribution in [0.2, 0.25) is 0 Å². The Hall–Kier alpha value is -12.1. The number of unbranched alkanes of at least 4 members (excludes halogenated alkanes) is 1. The first-order valence-corrected chi connectivity index (χ1v) is 53.2. The van der Waals surface area contributed by atoms with Crippen LogP contribution in [0.1, 0.15) is 307 Å². The maximum atomic E-state index is 15.8. The highest BCUT2D eigenvalue weighted by atomic mass is 16.4. The van der Waals surface area contributed by atoms with Crippen LogP contribution in [0.4, 0.5) is 0 Å². The van der Waals surface area contributed by atoms with Gasteiger partial charge in [-0.25, -0.2) is 0 Å². The molecule has 150 heavy (non-hydrogen) atoms. The highest BCUT2D eigenvalue weighted by Gasteiger charge is 2.50. The lowest BCUT2D eigenvalue weighted by atomic mass is 9.77. The topological polar surface area (TPSA) is 693 Å². The smallest absolute Gasteiger partial charge is 0.305 e. The first-order valence-electron chi connectivity index (χ1n) is 53.2. The van der Waals surface area contributed by atoms with E-state index in [-0.39, 0.29) is 120 Å². The Kier molecular flexibility index (Phi) is 57.2. The van der Waals surface area contributed by atoms with Gasteiger partial charge in [0.2, 0.25) is 65.0 Å². The van der Waals surface area contributed by atoms with E-state index in [1.54, 1.807) is 82.5 Å². The lowest BCUT2D eigenvalue weighted by molar-refractivity contribution is -0.143. The number of aliphatic carboxylic acids is 3. The summed E-state index contributed by atoms with van der Waals surface area (Å²) in [6.45, 7) is 21.9. The van der Waals surface area contributed by atoms with E-state index in [4.69, 9.17) is 22.9 Å². The molecule has 5 rings (SSSR count). The molecule has 41 nitrogen and oxygen atoms in total. The molecule has 0 radical (unpaired) electrons. The van der Waals surface area contributed by atoms with E-state index in [2.05, 4.69) is 47.5 Å². The molecule has 19 atom stereocenters. The second-order valence-corrected chi connectivity index (χ2v) is 42.7. The average molecular weight is 2110 g/mol. The van der Waals surface area contributed by atoms with Gasteiger partial charge in [-0.05, 0) is 158 Å². The number of ketones is 8. The Morgan fingerprint density at radius 1 is 0.527 bits per heavy atom. The van der Waals surface area contributed by atoms with E-state index in [1.807, 2.05) is 52.5 Å². The number of primary amides is 3. The molecule has 1 aliphatic carbocycles. The molecule has 3 heterocycles. The number of nitrogens with zero attached hydrogens (tertiary/aromatic N) is 2. The van der Waals surface area contributed by atoms with E-state index < -0.39 is 333 Å². The number of fused-ring (bicyclic) bond motifs is 3. The monoisotopic (exact) mass is 2110 g/mol. The molecular formula is C109H168N14O27. The highest BCUT2D eigenvalue weighted by molar-refractivity contribution is 6.05. The number of rotatable bonds is 54. The lowest BCUT2D eigenvalue weighted by Gasteiger charge is -2.33. The molecular weight excluding hydrogens is 1940 g/mol. The average Bonchev–Trinajstić information content (AvgIpc) is 1.63. The quantitative estimate of drug-likeness (QED) is 0.0316. The van der Waals surface area contributed by atoms with Gasteiger partial charge in [0.15, 0.2) is 40.5 Å². The van der Waals surface area contributed by atoms with Crippen molar-refractivity contribution in [2.75, 3.05) is 32.8 Å². The number of allylic oxidation sites excluding steroid dienone is 4. The number of hydrogen-bond donors (Lipinski definition) is 17. The van der Waals surface area contributed by atoms with Crippen molar-refractivity contribution in [1.82, 2.24) is 47.4 Å². The van der Waals surface area contributed by atoms with E-state index in [9.17, 15) is 83.1 Å². The third kappa shape index (κ3) is 46.0. The maximum absolute atomic E-state index is 15.8. The van der Waals surface area contributed by atoms with Crippen LogP contribution in [-0.2, 0) is 112 Å². The van der Waals surface area contributed by atoms with Crippen LogP contribution < -0.4 is 65.5 Å². The van der Waals surface area contributed by atoms with Gasteiger partial charge in [0, 0.05) is 131 Å². The summed E-state index contributed by atoms with van der Waals surface area (Å²) in [4.78, 5) is 318. The number of nitrogens with two attached hydrogens (primary N) is 4. The van der Waals surface area contributed by atoms with Gasteiger partial charge < -0.3 is 101 Å². The minimum Gasteiger partial charge on any atom is -0.481 e. The van der Waals surface area contributed by atoms with Gasteiger partial charge in [-0.2, -0.15) is 0 Å². The lowest BCUT2D eigenvalue weighted by Crippen LogP contribution is -2.59. The fourth-order valence-electron chi connectivity index (χ4n) is 19.6. The predicted octanol–water partition coefficient (Wildman–Crippen LogP) is 6.34. The number of aliphatic hydroxyl groups excluding tert-OH is 2. The van der Waals surface area contributed by atoms with Gasteiger partial charge in [-0.3, -0.25) is 106 Å². The number of aliphatic hydroxyl groups is 2. The highest BCUT2D eigenvalue weighted by Crippen LogP contribution is 2.37. The maximum Gasteiger partial charge on any atom is 0.305 e. The Balaban J connectivity index is 0.0000233. The minimum atomic E-state index is -1.92. The van der Waals surface area contributed by atoms with Gasteiger partial charge in [0.1, 0.15) is 23.4 Å². The molecule has 0 spiro atoms. The van der Waals surface area contributed by atoms with Gasteiger partial charge in [-0.15, -0.1) is 0 Å². The van der Waals surface area contributed by atoms with Crippen molar-refractivity contribution < 1.29 is 131 Å². The minimum absolute atomic E-state index is 0.0398.